The third-order valence-electron chi connectivity index (χ3n) is 3.56. The fraction of sp³-hybridized carbons (Fsp3) is 0.600. The second kappa shape index (κ2) is 6.88. The molecule has 1 rings (SSSR count). The molecule has 102 valence electrons. The van der Waals surface area contributed by atoms with Gasteiger partial charge in [0.25, 0.3) is 0 Å². The lowest BCUT2D eigenvalue weighted by Crippen LogP contribution is -2.41. The van der Waals surface area contributed by atoms with Crippen molar-refractivity contribution in [1.82, 2.24) is 5.32 Å². The van der Waals surface area contributed by atoms with Crippen LogP contribution in [-0.2, 0) is 0 Å². The third kappa shape index (κ3) is 3.80. The van der Waals surface area contributed by atoms with E-state index in [4.69, 9.17) is 5.11 Å². The number of hydrogen-bond acceptors (Lipinski definition) is 3. The number of aliphatic hydroxyl groups is 2. The monoisotopic (exact) mass is 251 g/mol. The highest BCUT2D eigenvalue weighted by Crippen LogP contribution is 2.20. The first kappa shape index (κ1) is 15.2. The molecule has 0 aliphatic carbocycles. The summed E-state index contributed by atoms with van der Waals surface area (Å²) in [5.41, 5.74) is 3.34. The zero-order valence-electron chi connectivity index (χ0n) is 11.8. The van der Waals surface area contributed by atoms with Crippen molar-refractivity contribution < 1.29 is 10.2 Å². The van der Waals surface area contributed by atoms with Crippen LogP contribution in [0, 0.1) is 13.8 Å². The molecule has 3 unspecified atom stereocenters. The molecule has 0 spiro atoms. The molecular formula is C15H25NO2. The number of hydrogen-bond donors (Lipinski definition) is 3. The Morgan fingerprint density at radius 2 is 1.89 bits per heavy atom. The van der Waals surface area contributed by atoms with Crippen molar-refractivity contribution in [1.29, 1.82) is 0 Å². The van der Waals surface area contributed by atoms with E-state index in [1.807, 2.05) is 39.0 Å². The molecule has 0 saturated heterocycles. The van der Waals surface area contributed by atoms with Gasteiger partial charge in [0.2, 0.25) is 0 Å². The standard InChI is InChI=1S/C15H25NO2/c1-5-14(9-17)16-12(4)15(18)13-7-6-10(2)11(3)8-13/h6-8,12,14-18H,5,9H2,1-4H3. The van der Waals surface area contributed by atoms with Gasteiger partial charge >= 0.3 is 0 Å². The van der Waals surface area contributed by atoms with Crippen molar-refractivity contribution in [2.45, 2.75) is 52.3 Å². The van der Waals surface area contributed by atoms with Gasteiger partial charge in [0.1, 0.15) is 0 Å². The molecule has 0 fully saturated rings. The van der Waals surface area contributed by atoms with Gasteiger partial charge in [-0.2, -0.15) is 0 Å². The van der Waals surface area contributed by atoms with Gasteiger partial charge in [-0.1, -0.05) is 25.1 Å². The summed E-state index contributed by atoms with van der Waals surface area (Å²) in [6.45, 7) is 8.17. The molecule has 0 bridgehead atoms. The van der Waals surface area contributed by atoms with E-state index in [2.05, 4.69) is 12.2 Å². The van der Waals surface area contributed by atoms with E-state index in [1.54, 1.807) is 0 Å². The number of nitrogens with one attached hydrogen (secondary N) is 1. The predicted octanol–water partition coefficient (Wildman–Crippen LogP) is 2.09. The summed E-state index contributed by atoms with van der Waals surface area (Å²) in [4.78, 5) is 0. The van der Waals surface area contributed by atoms with Crippen molar-refractivity contribution in [2.24, 2.45) is 0 Å². The second-order valence-electron chi connectivity index (χ2n) is 5.03. The smallest absolute Gasteiger partial charge is 0.0940 e. The largest absolute Gasteiger partial charge is 0.395 e. The average molecular weight is 251 g/mol. The molecule has 3 nitrogen and oxygen atoms in total. The molecule has 0 radical (unpaired) electrons. The highest BCUT2D eigenvalue weighted by atomic mass is 16.3. The van der Waals surface area contributed by atoms with Crippen molar-refractivity contribution >= 4 is 0 Å². The normalized spacial score (nSPS) is 16.3. The number of aliphatic hydroxyl groups excluding tert-OH is 2. The van der Waals surface area contributed by atoms with Crippen LogP contribution in [0.25, 0.3) is 0 Å². The van der Waals surface area contributed by atoms with E-state index in [9.17, 15) is 5.11 Å². The quantitative estimate of drug-likeness (QED) is 0.725. The zero-order chi connectivity index (χ0) is 13.7. The summed E-state index contributed by atoms with van der Waals surface area (Å²) in [6, 6.07) is 5.98. The first-order chi connectivity index (χ1) is 8.49. The van der Waals surface area contributed by atoms with E-state index in [0.29, 0.717) is 0 Å². The maximum absolute atomic E-state index is 10.3. The lowest BCUT2D eigenvalue weighted by atomic mass is 9.98. The van der Waals surface area contributed by atoms with E-state index in [0.717, 1.165) is 12.0 Å². The molecule has 3 N–H and O–H groups in total. The van der Waals surface area contributed by atoms with Crippen LogP contribution in [0.5, 0.6) is 0 Å². The minimum absolute atomic E-state index is 0.0428. The van der Waals surface area contributed by atoms with Crippen LogP contribution in [0.15, 0.2) is 18.2 Å². The fourth-order valence-electron chi connectivity index (χ4n) is 2.00. The van der Waals surface area contributed by atoms with Gasteiger partial charge in [0.15, 0.2) is 0 Å². The van der Waals surface area contributed by atoms with Gasteiger partial charge in [-0.3, -0.25) is 0 Å². The van der Waals surface area contributed by atoms with Crippen LogP contribution >= 0.6 is 0 Å². The van der Waals surface area contributed by atoms with E-state index < -0.39 is 6.10 Å². The van der Waals surface area contributed by atoms with Crippen molar-refractivity contribution in [3.63, 3.8) is 0 Å². The number of aryl methyl sites for hydroxylation is 2. The summed E-state index contributed by atoms with van der Waals surface area (Å²) in [5, 5.41) is 22.7. The summed E-state index contributed by atoms with van der Waals surface area (Å²) < 4.78 is 0. The van der Waals surface area contributed by atoms with Crippen molar-refractivity contribution in [3.05, 3.63) is 34.9 Å². The minimum atomic E-state index is -0.551. The average Bonchev–Trinajstić information content (AvgIpc) is 2.38. The Kier molecular flexibility index (Phi) is 5.79. The Balaban J connectivity index is 2.73. The van der Waals surface area contributed by atoms with Crippen LogP contribution < -0.4 is 5.32 Å². The summed E-state index contributed by atoms with van der Waals surface area (Å²) in [6.07, 6.45) is 0.297. The molecule has 0 aliphatic rings. The third-order valence-corrected chi connectivity index (χ3v) is 3.56. The molecule has 18 heavy (non-hydrogen) atoms. The summed E-state index contributed by atoms with van der Waals surface area (Å²) >= 11 is 0. The summed E-state index contributed by atoms with van der Waals surface area (Å²) in [7, 11) is 0. The van der Waals surface area contributed by atoms with Gasteiger partial charge in [0.05, 0.1) is 12.7 Å². The van der Waals surface area contributed by atoms with E-state index >= 15 is 0 Å². The molecule has 0 amide bonds. The molecule has 3 atom stereocenters. The Morgan fingerprint density at radius 1 is 1.22 bits per heavy atom. The topological polar surface area (TPSA) is 52.5 Å². The molecule has 0 aromatic heterocycles. The highest BCUT2D eigenvalue weighted by Gasteiger charge is 2.19. The maximum Gasteiger partial charge on any atom is 0.0940 e. The SMILES string of the molecule is CCC(CO)NC(C)C(O)c1ccc(C)c(C)c1. The molecule has 0 aliphatic heterocycles. The van der Waals surface area contributed by atoms with Gasteiger partial charge in [-0.05, 0) is 43.9 Å². The van der Waals surface area contributed by atoms with Crippen LogP contribution in [0.1, 0.15) is 43.1 Å². The zero-order valence-corrected chi connectivity index (χ0v) is 11.8. The maximum atomic E-state index is 10.3. The predicted molar refractivity (Wildman–Crippen MR) is 74.6 cm³/mol. The first-order valence-corrected chi connectivity index (χ1v) is 6.61. The molecule has 0 heterocycles. The van der Waals surface area contributed by atoms with Crippen LogP contribution in [0.3, 0.4) is 0 Å². The molecule has 0 saturated carbocycles. The number of rotatable bonds is 6. The minimum Gasteiger partial charge on any atom is -0.395 e. The van der Waals surface area contributed by atoms with Gasteiger partial charge in [0, 0.05) is 12.1 Å². The lowest BCUT2D eigenvalue weighted by molar-refractivity contribution is 0.118. The van der Waals surface area contributed by atoms with Crippen LogP contribution in [0.2, 0.25) is 0 Å². The molecule has 1 aromatic carbocycles. The van der Waals surface area contributed by atoms with Crippen LogP contribution in [-0.4, -0.2) is 28.9 Å². The molecule has 3 heteroatoms. The van der Waals surface area contributed by atoms with Crippen molar-refractivity contribution in [2.75, 3.05) is 6.61 Å². The Labute approximate surface area is 110 Å². The molecular weight excluding hydrogens is 226 g/mol. The Morgan fingerprint density at radius 3 is 2.39 bits per heavy atom. The van der Waals surface area contributed by atoms with Crippen molar-refractivity contribution in [3.8, 4) is 0 Å². The fourth-order valence-corrected chi connectivity index (χ4v) is 2.00. The molecule has 1 aromatic rings. The lowest BCUT2D eigenvalue weighted by Gasteiger charge is -2.25. The first-order valence-electron chi connectivity index (χ1n) is 6.61. The second-order valence-corrected chi connectivity index (χ2v) is 5.03. The Bertz CT molecular complexity index is 375. The highest BCUT2D eigenvalue weighted by molar-refractivity contribution is 5.31. The summed E-state index contributed by atoms with van der Waals surface area (Å²) in [5.74, 6) is 0. The van der Waals surface area contributed by atoms with E-state index in [-0.39, 0.29) is 18.7 Å². The number of benzene rings is 1. The van der Waals surface area contributed by atoms with E-state index in [1.165, 1.54) is 11.1 Å². The van der Waals surface area contributed by atoms with Gasteiger partial charge < -0.3 is 15.5 Å². The van der Waals surface area contributed by atoms with Crippen LogP contribution in [0.4, 0.5) is 0 Å². The Hall–Kier alpha value is -0.900. The van der Waals surface area contributed by atoms with Gasteiger partial charge in [-0.15, -0.1) is 0 Å². The van der Waals surface area contributed by atoms with Gasteiger partial charge in [-0.25, -0.2) is 0 Å².